The van der Waals surface area contributed by atoms with Gasteiger partial charge in [0.2, 0.25) is 21.7 Å². The zero-order valence-corrected chi connectivity index (χ0v) is 19.5. The highest BCUT2D eigenvalue weighted by molar-refractivity contribution is 7.89. The van der Waals surface area contributed by atoms with E-state index in [1.165, 1.54) is 0 Å². The van der Waals surface area contributed by atoms with Crippen molar-refractivity contribution >= 4 is 21.4 Å². The maximum atomic E-state index is 13.1. The summed E-state index contributed by atoms with van der Waals surface area (Å²) < 4.78 is 33.2. The number of nitrogens with zero attached hydrogens (tertiary/aromatic N) is 4. The van der Waals surface area contributed by atoms with Crippen molar-refractivity contribution in [2.45, 2.75) is 37.6 Å². The van der Waals surface area contributed by atoms with Gasteiger partial charge in [0.05, 0.1) is 22.8 Å². The van der Waals surface area contributed by atoms with E-state index in [4.69, 9.17) is 4.52 Å². The van der Waals surface area contributed by atoms with Crippen molar-refractivity contribution < 1.29 is 12.9 Å². The monoisotopic (exact) mass is 455 g/mol. The first-order valence-corrected chi connectivity index (χ1v) is 12.2. The average Bonchev–Trinajstić information content (AvgIpc) is 3.27. The maximum Gasteiger partial charge on any atom is 0.246 e. The first-order valence-electron chi connectivity index (χ1n) is 10.8. The number of aryl methyl sites for hydroxylation is 1. The quantitative estimate of drug-likeness (QED) is 0.578. The van der Waals surface area contributed by atoms with Crippen molar-refractivity contribution in [3.05, 3.63) is 53.9 Å². The summed E-state index contributed by atoms with van der Waals surface area (Å²) >= 11 is 0. The van der Waals surface area contributed by atoms with Crippen LogP contribution in [0.15, 0.2) is 51.9 Å². The minimum atomic E-state index is -3.52. The van der Waals surface area contributed by atoms with Gasteiger partial charge in [0.1, 0.15) is 0 Å². The van der Waals surface area contributed by atoms with Crippen LogP contribution in [0, 0.1) is 6.92 Å². The summed E-state index contributed by atoms with van der Waals surface area (Å²) in [5.41, 5.74) is 3.59. The number of benzene rings is 2. The number of nitrogens with one attached hydrogen (secondary N) is 1. The first kappa shape index (κ1) is 22.3. The summed E-state index contributed by atoms with van der Waals surface area (Å²) in [5, 5.41) is 7.36. The van der Waals surface area contributed by atoms with E-state index in [2.05, 4.69) is 15.5 Å². The lowest BCUT2D eigenvalue weighted by molar-refractivity contribution is 0.346. The summed E-state index contributed by atoms with van der Waals surface area (Å²) in [6, 6.07) is 13.1. The fraction of sp³-hybridized carbons (Fsp3) is 0.391. The Labute approximate surface area is 189 Å². The van der Waals surface area contributed by atoms with Crippen LogP contribution in [0.25, 0.3) is 11.4 Å². The number of aromatic nitrogens is 2. The lowest BCUT2D eigenvalue weighted by Crippen LogP contribution is -2.35. The summed E-state index contributed by atoms with van der Waals surface area (Å²) in [6.45, 7) is 3.45. The molecule has 8 nitrogen and oxygen atoms in total. The minimum absolute atomic E-state index is 0.285. The van der Waals surface area contributed by atoms with Gasteiger partial charge in [0.25, 0.3) is 0 Å². The highest BCUT2D eigenvalue weighted by atomic mass is 32.2. The SMILES string of the molecule is Cc1cccc(-c2noc(CNc3cc(S(=O)(=O)N4CCCCC4)ccc3N(C)C)n2)c1. The molecule has 0 atom stereocenters. The minimum Gasteiger partial charge on any atom is -0.376 e. The summed E-state index contributed by atoms with van der Waals surface area (Å²) in [5.74, 6) is 0.954. The van der Waals surface area contributed by atoms with Gasteiger partial charge in [-0.2, -0.15) is 9.29 Å². The van der Waals surface area contributed by atoms with Gasteiger partial charge in [-0.3, -0.25) is 0 Å². The molecule has 4 rings (SSSR count). The van der Waals surface area contributed by atoms with Crippen LogP contribution in [-0.2, 0) is 16.6 Å². The highest BCUT2D eigenvalue weighted by Crippen LogP contribution is 2.30. The third kappa shape index (κ3) is 4.78. The van der Waals surface area contributed by atoms with E-state index in [0.29, 0.717) is 35.4 Å². The number of hydrogen-bond acceptors (Lipinski definition) is 7. The van der Waals surface area contributed by atoms with Crippen LogP contribution in [0.2, 0.25) is 0 Å². The van der Waals surface area contributed by atoms with Gasteiger partial charge in [-0.1, -0.05) is 35.3 Å². The van der Waals surface area contributed by atoms with Crippen molar-refractivity contribution in [1.82, 2.24) is 14.4 Å². The molecular formula is C23H29N5O3S. The second kappa shape index (κ2) is 9.30. The van der Waals surface area contributed by atoms with Crippen LogP contribution >= 0.6 is 0 Å². The van der Waals surface area contributed by atoms with Crippen molar-refractivity contribution in [3.63, 3.8) is 0 Å². The molecule has 1 aliphatic heterocycles. The number of sulfonamides is 1. The average molecular weight is 456 g/mol. The maximum absolute atomic E-state index is 13.1. The van der Waals surface area contributed by atoms with Crippen molar-refractivity contribution in [1.29, 1.82) is 0 Å². The molecule has 1 N–H and O–H groups in total. The normalized spacial score (nSPS) is 15.0. The fourth-order valence-electron chi connectivity index (χ4n) is 3.86. The summed E-state index contributed by atoms with van der Waals surface area (Å²) in [6.07, 6.45) is 2.88. The molecular weight excluding hydrogens is 426 g/mol. The van der Waals surface area contributed by atoms with Gasteiger partial charge >= 0.3 is 0 Å². The Bertz CT molecular complexity index is 1180. The zero-order chi connectivity index (χ0) is 22.7. The molecule has 2 aromatic carbocycles. The first-order chi connectivity index (χ1) is 15.3. The molecule has 0 spiro atoms. The molecule has 0 radical (unpaired) electrons. The van der Waals surface area contributed by atoms with E-state index in [-0.39, 0.29) is 6.54 Å². The molecule has 9 heteroatoms. The molecule has 0 amide bonds. The van der Waals surface area contributed by atoms with Crippen LogP contribution in [0.1, 0.15) is 30.7 Å². The van der Waals surface area contributed by atoms with Gasteiger partial charge in [-0.05, 0) is 44.0 Å². The summed E-state index contributed by atoms with van der Waals surface area (Å²) in [4.78, 5) is 6.70. The molecule has 1 fully saturated rings. The fourth-order valence-corrected chi connectivity index (χ4v) is 5.40. The highest BCUT2D eigenvalue weighted by Gasteiger charge is 2.26. The second-order valence-electron chi connectivity index (χ2n) is 8.27. The summed E-state index contributed by atoms with van der Waals surface area (Å²) in [7, 11) is 0.314. The smallest absolute Gasteiger partial charge is 0.246 e. The Morgan fingerprint density at radius 1 is 1.09 bits per heavy atom. The molecule has 170 valence electrons. The van der Waals surface area contributed by atoms with E-state index in [0.717, 1.165) is 36.1 Å². The third-order valence-electron chi connectivity index (χ3n) is 5.58. The topological polar surface area (TPSA) is 91.6 Å². The van der Waals surface area contributed by atoms with Crippen molar-refractivity contribution in [2.75, 3.05) is 37.4 Å². The zero-order valence-electron chi connectivity index (χ0n) is 18.7. The molecule has 1 aliphatic rings. The van der Waals surface area contributed by atoms with E-state index in [1.807, 2.05) is 56.3 Å². The molecule has 3 aromatic rings. The molecule has 0 unspecified atom stereocenters. The second-order valence-corrected chi connectivity index (χ2v) is 10.2. The Hall–Kier alpha value is -2.91. The van der Waals surface area contributed by atoms with Crippen LogP contribution in [0.4, 0.5) is 11.4 Å². The molecule has 1 aromatic heterocycles. The Morgan fingerprint density at radius 3 is 2.59 bits per heavy atom. The van der Waals surface area contributed by atoms with Gasteiger partial charge in [-0.15, -0.1) is 0 Å². The number of hydrogen-bond donors (Lipinski definition) is 1. The number of piperidine rings is 1. The lowest BCUT2D eigenvalue weighted by atomic mass is 10.1. The molecule has 0 aliphatic carbocycles. The van der Waals surface area contributed by atoms with E-state index in [9.17, 15) is 8.42 Å². The Balaban J connectivity index is 1.55. The van der Waals surface area contributed by atoms with Gasteiger partial charge in [0.15, 0.2) is 0 Å². The van der Waals surface area contributed by atoms with Gasteiger partial charge < -0.3 is 14.7 Å². The van der Waals surface area contributed by atoms with Crippen LogP contribution in [0.5, 0.6) is 0 Å². The molecule has 2 heterocycles. The molecule has 32 heavy (non-hydrogen) atoms. The molecule has 0 saturated carbocycles. The third-order valence-corrected chi connectivity index (χ3v) is 7.47. The van der Waals surface area contributed by atoms with E-state index < -0.39 is 10.0 Å². The predicted molar refractivity (Wildman–Crippen MR) is 125 cm³/mol. The van der Waals surface area contributed by atoms with Gasteiger partial charge in [0, 0.05) is 32.7 Å². The molecule has 0 bridgehead atoms. The standard InChI is InChI=1S/C23H29N5O3S/c1-17-8-7-9-18(14-17)23-25-22(31-26-23)16-24-20-15-19(10-11-21(20)27(2)3)32(29,30)28-12-5-4-6-13-28/h7-11,14-15,24H,4-6,12-13,16H2,1-3H3. The van der Waals surface area contributed by atoms with Crippen LogP contribution < -0.4 is 10.2 Å². The Morgan fingerprint density at radius 2 is 1.88 bits per heavy atom. The Kier molecular flexibility index (Phi) is 6.48. The lowest BCUT2D eigenvalue weighted by Gasteiger charge is -2.26. The number of rotatable bonds is 7. The largest absolute Gasteiger partial charge is 0.376 e. The van der Waals surface area contributed by atoms with E-state index in [1.54, 1.807) is 16.4 Å². The number of anilines is 2. The van der Waals surface area contributed by atoms with Crippen LogP contribution in [0.3, 0.4) is 0 Å². The van der Waals surface area contributed by atoms with E-state index >= 15 is 0 Å². The van der Waals surface area contributed by atoms with Crippen molar-refractivity contribution in [3.8, 4) is 11.4 Å². The predicted octanol–water partition coefficient (Wildman–Crippen LogP) is 3.90. The van der Waals surface area contributed by atoms with Crippen molar-refractivity contribution in [2.24, 2.45) is 0 Å². The van der Waals surface area contributed by atoms with Crippen LogP contribution in [-0.4, -0.2) is 50.0 Å². The molecule has 1 saturated heterocycles. The van der Waals surface area contributed by atoms with Gasteiger partial charge in [-0.25, -0.2) is 8.42 Å².